The molecule has 1 aromatic heterocycles. The summed E-state index contributed by atoms with van der Waals surface area (Å²) in [6.07, 6.45) is 1.07. The number of hydrogen-bond acceptors (Lipinski definition) is 4. The van der Waals surface area contributed by atoms with Gasteiger partial charge in [-0.2, -0.15) is 0 Å². The average Bonchev–Trinajstić information content (AvgIpc) is 3.22. The standard InChI is InChI=1S/C25H22Cl2N2O3/c1-3-15(2)16-4-8-19(9-5-16)31-14-24(30)28-21-12-17(6-10-20(21)27)25-29-22-13-18(26)7-11-23(22)32-25/h4-13,15H,3,14H2,1-2H3,(H,28,30). The molecule has 4 rings (SSSR count). The fraction of sp³-hybridized carbons (Fsp3) is 0.200. The minimum absolute atomic E-state index is 0.134. The predicted octanol–water partition coefficient (Wildman–Crippen LogP) is 7.33. The van der Waals surface area contributed by atoms with Gasteiger partial charge in [0.05, 0.1) is 10.7 Å². The fourth-order valence-electron chi connectivity index (χ4n) is 3.24. The minimum Gasteiger partial charge on any atom is -0.484 e. The maximum absolute atomic E-state index is 12.4. The molecule has 0 aliphatic heterocycles. The quantitative estimate of drug-likeness (QED) is 0.308. The van der Waals surface area contributed by atoms with E-state index in [0.717, 1.165) is 6.42 Å². The zero-order valence-corrected chi connectivity index (χ0v) is 19.2. The van der Waals surface area contributed by atoms with Crippen molar-refractivity contribution in [2.24, 2.45) is 0 Å². The van der Waals surface area contributed by atoms with Gasteiger partial charge in [0.15, 0.2) is 12.2 Å². The molecule has 1 heterocycles. The lowest BCUT2D eigenvalue weighted by Crippen LogP contribution is -2.20. The number of rotatable bonds is 7. The summed E-state index contributed by atoms with van der Waals surface area (Å²) in [5, 5.41) is 3.77. The third-order valence-corrected chi connectivity index (χ3v) is 5.83. The maximum atomic E-state index is 12.4. The summed E-state index contributed by atoms with van der Waals surface area (Å²) in [6, 6.07) is 18.2. The zero-order chi connectivity index (χ0) is 22.7. The Balaban J connectivity index is 1.43. The molecule has 0 saturated carbocycles. The van der Waals surface area contributed by atoms with E-state index in [1.165, 1.54) is 5.56 Å². The number of anilines is 1. The number of nitrogens with zero attached hydrogens (tertiary/aromatic N) is 1. The third-order valence-electron chi connectivity index (χ3n) is 5.27. The summed E-state index contributed by atoms with van der Waals surface area (Å²) in [4.78, 5) is 16.9. The van der Waals surface area contributed by atoms with Gasteiger partial charge in [-0.15, -0.1) is 0 Å². The normalized spacial score (nSPS) is 12.0. The van der Waals surface area contributed by atoms with Crippen molar-refractivity contribution < 1.29 is 13.9 Å². The molecule has 0 aliphatic rings. The number of nitrogens with one attached hydrogen (secondary N) is 1. The van der Waals surface area contributed by atoms with Crippen molar-refractivity contribution in [1.29, 1.82) is 0 Å². The summed E-state index contributed by atoms with van der Waals surface area (Å²) in [5.41, 5.74) is 3.65. The van der Waals surface area contributed by atoms with Gasteiger partial charge >= 0.3 is 0 Å². The smallest absolute Gasteiger partial charge is 0.262 e. The summed E-state index contributed by atoms with van der Waals surface area (Å²) >= 11 is 12.3. The second kappa shape index (κ2) is 9.63. The van der Waals surface area contributed by atoms with Gasteiger partial charge in [0.1, 0.15) is 11.3 Å². The van der Waals surface area contributed by atoms with Crippen LogP contribution in [0.3, 0.4) is 0 Å². The van der Waals surface area contributed by atoms with Crippen molar-refractivity contribution in [3.63, 3.8) is 0 Å². The number of carbonyl (C=O) groups is 1. The largest absolute Gasteiger partial charge is 0.484 e. The van der Waals surface area contributed by atoms with E-state index in [2.05, 4.69) is 24.1 Å². The highest BCUT2D eigenvalue weighted by Crippen LogP contribution is 2.31. The molecule has 32 heavy (non-hydrogen) atoms. The molecule has 0 saturated heterocycles. The molecule has 1 amide bonds. The first-order valence-electron chi connectivity index (χ1n) is 10.3. The second-order valence-electron chi connectivity index (χ2n) is 7.54. The molecule has 0 bridgehead atoms. The molecule has 1 atom stereocenters. The number of halogens is 2. The Bertz CT molecular complexity index is 1250. The van der Waals surface area contributed by atoms with E-state index in [4.69, 9.17) is 32.4 Å². The second-order valence-corrected chi connectivity index (χ2v) is 8.38. The van der Waals surface area contributed by atoms with Crippen molar-refractivity contribution >= 4 is 45.9 Å². The first kappa shape index (κ1) is 22.2. The van der Waals surface area contributed by atoms with Crippen molar-refractivity contribution in [2.45, 2.75) is 26.2 Å². The first-order valence-corrected chi connectivity index (χ1v) is 11.1. The molecule has 1 N–H and O–H groups in total. The summed E-state index contributed by atoms with van der Waals surface area (Å²) < 4.78 is 11.4. The fourth-order valence-corrected chi connectivity index (χ4v) is 3.57. The maximum Gasteiger partial charge on any atom is 0.262 e. The van der Waals surface area contributed by atoms with E-state index in [1.807, 2.05) is 24.3 Å². The molecule has 0 spiro atoms. The number of amides is 1. The first-order chi connectivity index (χ1) is 15.4. The van der Waals surface area contributed by atoms with Crippen molar-refractivity contribution in [3.8, 4) is 17.2 Å². The van der Waals surface area contributed by atoms with Gasteiger partial charge in [0.2, 0.25) is 5.89 Å². The number of aromatic nitrogens is 1. The number of fused-ring (bicyclic) bond motifs is 1. The van der Waals surface area contributed by atoms with Crippen molar-refractivity contribution in [3.05, 3.63) is 76.3 Å². The van der Waals surface area contributed by atoms with Crippen LogP contribution in [0.1, 0.15) is 31.7 Å². The Morgan fingerprint density at radius 3 is 2.62 bits per heavy atom. The van der Waals surface area contributed by atoms with Crippen LogP contribution in [0.5, 0.6) is 5.75 Å². The SMILES string of the molecule is CCC(C)c1ccc(OCC(=O)Nc2cc(-c3nc4cc(Cl)ccc4o3)ccc2Cl)cc1. The van der Waals surface area contributed by atoms with Crippen molar-refractivity contribution in [2.75, 3.05) is 11.9 Å². The predicted molar refractivity (Wildman–Crippen MR) is 129 cm³/mol. The van der Waals surface area contributed by atoms with E-state index < -0.39 is 0 Å². The van der Waals surface area contributed by atoms with Crippen molar-refractivity contribution in [1.82, 2.24) is 4.98 Å². The topological polar surface area (TPSA) is 64.4 Å². The number of ether oxygens (including phenoxy) is 1. The zero-order valence-electron chi connectivity index (χ0n) is 17.7. The lowest BCUT2D eigenvalue weighted by Gasteiger charge is -2.11. The van der Waals surface area contributed by atoms with Crippen LogP contribution in [-0.4, -0.2) is 17.5 Å². The number of oxazole rings is 1. The molecule has 0 aliphatic carbocycles. The van der Waals surface area contributed by atoms with Crippen LogP contribution in [0.2, 0.25) is 10.0 Å². The molecule has 4 aromatic rings. The van der Waals surface area contributed by atoms with E-state index >= 15 is 0 Å². The number of carbonyl (C=O) groups excluding carboxylic acids is 1. The number of benzene rings is 3. The van der Waals surface area contributed by atoms with Crippen LogP contribution in [0, 0.1) is 0 Å². The highest BCUT2D eigenvalue weighted by Gasteiger charge is 2.13. The molecule has 164 valence electrons. The molecule has 1 unspecified atom stereocenters. The van der Waals surface area contributed by atoms with E-state index in [0.29, 0.717) is 50.0 Å². The molecular formula is C25H22Cl2N2O3. The average molecular weight is 469 g/mol. The molecule has 7 heteroatoms. The van der Waals surface area contributed by atoms with E-state index in [9.17, 15) is 4.79 Å². The Morgan fingerprint density at radius 2 is 1.88 bits per heavy atom. The van der Waals surface area contributed by atoms with Gasteiger partial charge in [-0.05, 0) is 66.4 Å². The molecule has 5 nitrogen and oxygen atoms in total. The van der Waals surface area contributed by atoms with Crippen LogP contribution in [0.15, 0.2) is 65.1 Å². The monoisotopic (exact) mass is 468 g/mol. The Hall–Kier alpha value is -3.02. The van der Waals surface area contributed by atoms with Crippen LogP contribution in [0.25, 0.3) is 22.6 Å². The highest BCUT2D eigenvalue weighted by molar-refractivity contribution is 6.33. The Kier molecular flexibility index (Phi) is 6.68. The summed E-state index contributed by atoms with van der Waals surface area (Å²) in [7, 11) is 0. The van der Waals surface area contributed by atoms with Gasteiger partial charge < -0.3 is 14.5 Å². The van der Waals surface area contributed by atoms with Gasteiger partial charge in [0, 0.05) is 10.6 Å². The molecular weight excluding hydrogens is 447 g/mol. The van der Waals surface area contributed by atoms with Crippen LogP contribution in [0.4, 0.5) is 5.69 Å². The van der Waals surface area contributed by atoms with Gasteiger partial charge in [-0.1, -0.05) is 49.2 Å². The highest BCUT2D eigenvalue weighted by atomic mass is 35.5. The van der Waals surface area contributed by atoms with Crippen LogP contribution >= 0.6 is 23.2 Å². The van der Waals surface area contributed by atoms with Gasteiger partial charge in [-0.25, -0.2) is 4.98 Å². The number of hydrogen-bond donors (Lipinski definition) is 1. The van der Waals surface area contributed by atoms with Gasteiger partial charge in [0.25, 0.3) is 5.91 Å². The third kappa shape index (κ3) is 5.06. The van der Waals surface area contributed by atoms with Crippen LogP contribution in [-0.2, 0) is 4.79 Å². The Morgan fingerprint density at radius 1 is 1.09 bits per heavy atom. The van der Waals surface area contributed by atoms with E-state index in [-0.39, 0.29) is 12.5 Å². The molecule has 0 radical (unpaired) electrons. The summed E-state index contributed by atoms with van der Waals surface area (Å²) in [6.45, 7) is 4.20. The Labute approximate surface area is 196 Å². The summed E-state index contributed by atoms with van der Waals surface area (Å²) in [5.74, 6) is 1.21. The lowest BCUT2D eigenvalue weighted by molar-refractivity contribution is -0.118. The molecule has 3 aromatic carbocycles. The van der Waals surface area contributed by atoms with Gasteiger partial charge in [-0.3, -0.25) is 4.79 Å². The minimum atomic E-state index is -0.320. The van der Waals surface area contributed by atoms with E-state index in [1.54, 1.807) is 36.4 Å². The lowest BCUT2D eigenvalue weighted by atomic mass is 9.99. The molecule has 0 fully saturated rings. The van der Waals surface area contributed by atoms with Crippen LogP contribution < -0.4 is 10.1 Å².